The zero-order chi connectivity index (χ0) is 18.6. The summed E-state index contributed by atoms with van der Waals surface area (Å²) < 4.78 is 0. The van der Waals surface area contributed by atoms with Crippen molar-refractivity contribution < 1.29 is 25.2 Å². The van der Waals surface area contributed by atoms with E-state index in [0.717, 1.165) is 12.0 Å². The predicted octanol–water partition coefficient (Wildman–Crippen LogP) is 2.34. The lowest BCUT2D eigenvalue weighted by atomic mass is 9.44. The van der Waals surface area contributed by atoms with Gasteiger partial charge >= 0.3 is 5.97 Å². The lowest BCUT2D eigenvalue weighted by molar-refractivity contribution is -0.187. The molecular formula is C20H32O5. The third kappa shape index (κ3) is 2.66. The van der Waals surface area contributed by atoms with Crippen LogP contribution in [0.1, 0.15) is 59.3 Å². The molecule has 0 radical (unpaired) electrons. The Morgan fingerprint density at radius 1 is 1.28 bits per heavy atom. The summed E-state index contributed by atoms with van der Waals surface area (Å²) in [6.07, 6.45) is 4.48. The normalized spacial score (nSPS) is 49.8. The minimum atomic E-state index is -0.873. The molecule has 0 aromatic heterocycles. The summed E-state index contributed by atoms with van der Waals surface area (Å²) in [5.41, 5.74) is -0.506. The zero-order valence-electron chi connectivity index (χ0n) is 15.5. The summed E-state index contributed by atoms with van der Waals surface area (Å²) in [4.78, 5) is 12.0. The van der Waals surface area contributed by atoms with Gasteiger partial charge in [-0.25, -0.2) is 0 Å². The van der Waals surface area contributed by atoms with Gasteiger partial charge in [0.15, 0.2) is 0 Å². The first-order valence-electron chi connectivity index (χ1n) is 9.48. The Morgan fingerprint density at radius 3 is 2.56 bits per heavy atom. The number of carbonyl (C=O) groups is 1. The summed E-state index contributed by atoms with van der Waals surface area (Å²) in [6.45, 7) is 5.98. The monoisotopic (exact) mass is 352 g/mol. The van der Waals surface area contributed by atoms with E-state index in [-0.39, 0.29) is 23.9 Å². The maximum Gasteiger partial charge on any atom is 0.309 e. The highest BCUT2D eigenvalue weighted by Gasteiger charge is 2.63. The second kappa shape index (κ2) is 6.07. The van der Waals surface area contributed by atoms with Crippen LogP contribution in [0.15, 0.2) is 11.6 Å². The molecule has 0 bridgehead atoms. The summed E-state index contributed by atoms with van der Waals surface area (Å²) in [5.74, 6) is -1.19. The van der Waals surface area contributed by atoms with Crippen molar-refractivity contribution in [2.24, 2.45) is 28.1 Å². The maximum absolute atomic E-state index is 12.0. The van der Waals surface area contributed by atoms with Gasteiger partial charge in [0, 0.05) is 17.9 Å². The van der Waals surface area contributed by atoms with Crippen LogP contribution >= 0.6 is 0 Å². The zero-order valence-corrected chi connectivity index (χ0v) is 15.5. The fraction of sp³-hybridized carbons (Fsp3) is 0.850. The number of hydrogen-bond acceptors (Lipinski definition) is 4. The van der Waals surface area contributed by atoms with Crippen molar-refractivity contribution in [3.05, 3.63) is 11.6 Å². The Morgan fingerprint density at radius 2 is 1.96 bits per heavy atom. The molecule has 0 aliphatic heterocycles. The number of aliphatic carboxylic acids is 1. The SMILES string of the molecule is C[C@@]1(CCO)CC2=CC[C@@H]3[C@@](C)([C@H]2[C@@H](O)C1)[C@@H](O)CC[C@]3(C)C(=O)O. The van der Waals surface area contributed by atoms with Gasteiger partial charge in [-0.15, -0.1) is 0 Å². The summed E-state index contributed by atoms with van der Waals surface area (Å²) in [7, 11) is 0. The Labute approximate surface area is 149 Å². The third-order valence-corrected chi connectivity index (χ3v) is 7.78. The highest BCUT2D eigenvalue weighted by molar-refractivity contribution is 5.75. The molecule has 4 N–H and O–H groups in total. The van der Waals surface area contributed by atoms with Crippen LogP contribution in [0.25, 0.3) is 0 Å². The van der Waals surface area contributed by atoms with Crippen molar-refractivity contribution in [1.29, 1.82) is 0 Å². The third-order valence-electron chi connectivity index (χ3n) is 7.78. The molecular weight excluding hydrogens is 320 g/mol. The van der Waals surface area contributed by atoms with Crippen molar-refractivity contribution in [2.45, 2.75) is 71.5 Å². The minimum absolute atomic E-state index is 0.0980. The van der Waals surface area contributed by atoms with Gasteiger partial charge in [0.2, 0.25) is 0 Å². The number of carboxylic acids is 1. The molecule has 5 nitrogen and oxygen atoms in total. The van der Waals surface area contributed by atoms with E-state index in [1.54, 1.807) is 6.92 Å². The molecule has 0 heterocycles. The number of allylic oxidation sites excluding steroid dienone is 1. The van der Waals surface area contributed by atoms with Crippen LogP contribution in [0, 0.1) is 28.1 Å². The van der Waals surface area contributed by atoms with Crippen molar-refractivity contribution >= 4 is 5.97 Å². The average Bonchev–Trinajstić information content (AvgIpc) is 2.50. The van der Waals surface area contributed by atoms with Crippen LogP contribution < -0.4 is 0 Å². The van der Waals surface area contributed by atoms with E-state index in [4.69, 9.17) is 0 Å². The van der Waals surface area contributed by atoms with E-state index in [1.807, 2.05) is 6.92 Å². The first-order chi connectivity index (χ1) is 11.6. The number of fused-ring (bicyclic) bond motifs is 3. The van der Waals surface area contributed by atoms with E-state index >= 15 is 0 Å². The molecule has 2 fully saturated rings. The van der Waals surface area contributed by atoms with E-state index in [2.05, 4.69) is 13.0 Å². The van der Waals surface area contributed by atoms with Gasteiger partial charge < -0.3 is 20.4 Å². The molecule has 0 amide bonds. The summed E-state index contributed by atoms with van der Waals surface area (Å²) in [5, 5.41) is 41.1. The second-order valence-electron chi connectivity index (χ2n) is 9.42. The molecule has 0 unspecified atom stereocenters. The number of carboxylic acid groups (broad SMARTS) is 1. The molecule has 3 aliphatic rings. The molecule has 0 aromatic carbocycles. The molecule has 0 aromatic rings. The van der Waals surface area contributed by atoms with Crippen molar-refractivity contribution in [1.82, 2.24) is 0 Å². The standard InChI is InChI=1S/C20H32O5/c1-18(8-9-21)10-12-4-5-14-19(2,17(24)25)7-6-15(23)20(14,3)16(12)13(22)11-18/h4,13-16,21-23H,5-11H2,1-3H3,(H,24,25)/t13-,14-,15-,16+,18+,19-,20+/m0/s1. The summed E-state index contributed by atoms with van der Waals surface area (Å²) in [6, 6.07) is 0. The molecule has 3 rings (SSSR count). The molecule has 3 aliphatic carbocycles. The van der Waals surface area contributed by atoms with Crippen molar-refractivity contribution in [2.75, 3.05) is 6.61 Å². The Balaban J connectivity index is 2.03. The molecule has 7 atom stereocenters. The fourth-order valence-corrected chi connectivity index (χ4v) is 6.32. The van der Waals surface area contributed by atoms with Crippen LogP contribution in [0.3, 0.4) is 0 Å². The number of hydrogen-bond donors (Lipinski definition) is 4. The first-order valence-corrected chi connectivity index (χ1v) is 9.48. The van der Waals surface area contributed by atoms with E-state index < -0.39 is 29.0 Å². The van der Waals surface area contributed by atoms with Crippen LogP contribution in [0.2, 0.25) is 0 Å². The molecule has 0 spiro atoms. The Hall–Kier alpha value is -0.910. The van der Waals surface area contributed by atoms with E-state index in [0.29, 0.717) is 32.1 Å². The van der Waals surface area contributed by atoms with E-state index in [1.165, 1.54) is 0 Å². The molecule has 5 heteroatoms. The quantitative estimate of drug-likeness (QED) is 0.585. The largest absolute Gasteiger partial charge is 0.481 e. The lowest BCUT2D eigenvalue weighted by Gasteiger charge is -2.61. The van der Waals surface area contributed by atoms with Crippen molar-refractivity contribution in [3.63, 3.8) is 0 Å². The Bertz CT molecular complexity index is 587. The maximum atomic E-state index is 12.0. The van der Waals surface area contributed by atoms with Gasteiger partial charge in [0.05, 0.1) is 17.6 Å². The fourth-order valence-electron chi connectivity index (χ4n) is 6.32. The predicted molar refractivity (Wildman–Crippen MR) is 93.8 cm³/mol. The lowest BCUT2D eigenvalue weighted by Crippen LogP contribution is -2.62. The van der Waals surface area contributed by atoms with Crippen LogP contribution in [-0.2, 0) is 4.79 Å². The van der Waals surface area contributed by atoms with Gasteiger partial charge in [-0.05, 0) is 56.8 Å². The second-order valence-corrected chi connectivity index (χ2v) is 9.42. The number of aliphatic hydroxyl groups excluding tert-OH is 3. The van der Waals surface area contributed by atoms with E-state index in [9.17, 15) is 25.2 Å². The highest BCUT2D eigenvalue weighted by atomic mass is 16.4. The minimum Gasteiger partial charge on any atom is -0.481 e. The molecule has 2 saturated carbocycles. The number of rotatable bonds is 3. The first kappa shape index (κ1) is 18.9. The van der Waals surface area contributed by atoms with Gasteiger partial charge in [-0.2, -0.15) is 0 Å². The van der Waals surface area contributed by atoms with Gasteiger partial charge in [0.25, 0.3) is 0 Å². The van der Waals surface area contributed by atoms with Gasteiger partial charge in [-0.1, -0.05) is 25.5 Å². The Kier molecular flexibility index (Phi) is 4.58. The summed E-state index contributed by atoms with van der Waals surface area (Å²) >= 11 is 0. The molecule has 142 valence electrons. The van der Waals surface area contributed by atoms with Crippen molar-refractivity contribution in [3.8, 4) is 0 Å². The number of aliphatic hydroxyl groups is 3. The molecule has 25 heavy (non-hydrogen) atoms. The smallest absolute Gasteiger partial charge is 0.309 e. The molecule has 0 saturated heterocycles. The van der Waals surface area contributed by atoms with Crippen LogP contribution in [0.5, 0.6) is 0 Å². The van der Waals surface area contributed by atoms with Gasteiger partial charge in [0.1, 0.15) is 0 Å². The van der Waals surface area contributed by atoms with Gasteiger partial charge in [-0.3, -0.25) is 4.79 Å². The topological polar surface area (TPSA) is 98.0 Å². The van der Waals surface area contributed by atoms with Crippen LogP contribution in [0.4, 0.5) is 0 Å². The van der Waals surface area contributed by atoms with Crippen LogP contribution in [-0.4, -0.2) is 45.2 Å². The highest BCUT2D eigenvalue weighted by Crippen LogP contribution is 2.63. The average molecular weight is 352 g/mol.